The number of carbonyl (C=O) groups is 4. The van der Waals surface area contributed by atoms with Crippen molar-refractivity contribution in [2.75, 3.05) is 34.7 Å². The van der Waals surface area contributed by atoms with Crippen LogP contribution < -0.4 is 21.3 Å². The number of hydrogen-bond donors (Lipinski definition) is 4. The molecule has 51 heavy (non-hydrogen) atoms. The van der Waals surface area contributed by atoms with E-state index in [1.54, 1.807) is 42.6 Å². The third-order valence-corrected chi connectivity index (χ3v) is 9.06. The summed E-state index contributed by atoms with van der Waals surface area (Å²) in [4.78, 5) is 55.7. The zero-order chi connectivity index (χ0) is 36.0. The highest BCUT2D eigenvalue weighted by Gasteiger charge is 2.22. The number of hydrogen-bond acceptors (Lipinski definition) is 8. The number of thioether (sulfide) groups is 2. The van der Waals surface area contributed by atoms with E-state index >= 15 is 0 Å². The lowest BCUT2D eigenvalue weighted by Gasteiger charge is -2.18. The van der Waals surface area contributed by atoms with Crippen LogP contribution >= 0.6 is 23.5 Å². The van der Waals surface area contributed by atoms with Gasteiger partial charge in [0.2, 0.25) is 29.5 Å². The summed E-state index contributed by atoms with van der Waals surface area (Å²) in [7, 11) is 0. The van der Waals surface area contributed by atoms with Gasteiger partial charge in [-0.3, -0.25) is 19.2 Å². The van der Waals surface area contributed by atoms with Gasteiger partial charge in [-0.15, -0.1) is 0 Å². The number of amides is 4. The number of rotatable bonds is 16. The van der Waals surface area contributed by atoms with Gasteiger partial charge in [-0.1, -0.05) is 60.7 Å². The van der Waals surface area contributed by atoms with Crippen molar-refractivity contribution in [3.63, 3.8) is 0 Å². The highest BCUT2D eigenvalue weighted by Crippen LogP contribution is 2.28. The lowest BCUT2D eigenvalue weighted by molar-refractivity contribution is -0.125. The molecule has 262 valence electrons. The van der Waals surface area contributed by atoms with Crippen LogP contribution in [-0.2, 0) is 32.0 Å². The topological polar surface area (TPSA) is 142 Å². The predicted molar refractivity (Wildman–Crippen MR) is 206 cm³/mol. The van der Waals surface area contributed by atoms with Crippen LogP contribution in [0.2, 0.25) is 0 Å². The van der Waals surface area contributed by atoms with Crippen LogP contribution in [0.15, 0.2) is 120 Å². The highest BCUT2D eigenvalue weighted by atomic mass is 32.2. The third-order valence-electron chi connectivity index (χ3n) is 7.73. The Labute approximate surface area is 305 Å². The number of oxazole rings is 1. The molecular formula is C39H39N5O5S2. The van der Waals surface area contributed by atoms with Crippen LogP contribution in [0.3, 0.4) is 0 Å². The van der Waals surface area contributed by atoms with Crippen LogP contribution in [0, 0.1) is 0 Å². The molecule has 0 aliphatic heterocycles. The van der Waals surface area contributed by atoms with Crippen LogP contribution in [0.4, 0.5) is 11.4 Å². The first-order valence-corrected chi connectivity index (χ1v) is 19.0. The van der Waals surface area contributed by atoms with Gasteiger partial charge in [-0.25, -0.2) is 4.98 Å². The second kappa shape index (κ2) is 18.6. The molecule has 0 aliphatic carbocycles. The molecule has 5 rings (SSSR count). The Balaban J connectivity index is 1.14. The molecule has 1 heterocycles. The molecule has 4 amide bonds. The van der Waals surface area contributed by atoms with Crippen LogP contribution in [0.5, 0.6) is 0 Å². The molecule has 0 fully saturated rings. The van der Waals surface area contributed by atoms with Crippen LogP contribution in [0.1, 0.15) is 11.1 Å². The molecule has 0 saturated heterocycles. The van der Waals surface area contributed by atoms with Gasteiger partial charge in [0.1, 0.15) is 12.1 Å². The molecule has 4 N–H and O–H groups in total. The Bertz CT molecular complexity index is 1760. The van der Waals surface area contributed by atoms with Crippen molar-refractivity contribution in [2.45, 2.75) is 24.9 Å². The van der Waals surface area contributed by atoms with Crippen molar-refractivity contribution in [2.24, 2.45) is 0 Å². The average molecular weight is 722 g/mol. The van der Waals surface area contributed by atoms with Crippen molar-refractivity contribution in [1.82, 2.24) is 15.6 Å². The maximum atomic E-state index is 13.0. The second-order valence-corrected chi connectivity index (χ2v) is 13.5. The van der Waals surface area contributed by atoms with Gasteiger partial charge in [0.15, 0.2) is 5.76 Å². The Kier molecular flexibility index (Phi) is 13.5. The fourth-order valence-corrected chi connectivity index (χ4v) is 6.30. The average Bonchev–Trinajstić information content (AvgIpc) is 3.63. The smallest absolute Gasteiger partial charge is 0.247 e. The van der Waals surface area contributed by atoms with Gasteiger partial charge in [0, 0.05) is 34.0 Å². The minimum atomic E-state index is -0.688. The highest BCUT2D eigenvalue weighted by molar-refractivity contribution is 7.98. The summed E-state index contributed by atoms with van der Waals surface area (Å²) in [5.41, 5.74) is 4.40. The molecular weight excluding hydrogens is 683 g/mol. The first-order valence-electron chi connectivity index (χ1n) is 16.2. The SMILES string of the molecule is CSC[C@H](NC(=O)Cc1ccccc1)C(=O)Nc1ccc(-c2ncc(-c3ccc(NC(=O)[C@@H](CSC)NC(=O)Cc4ccccc4)cc3)o2)cc1. The van der Waals surface area contributed by atoms with E-state index in [4.69, 9.17) is 4.42 Å². The Morgan fingerprint density at radius 2 is 1.04 bits per heavy atom. The van der Waals surface area contributed by atoms with E-state index in [1.165, 1.54) is 23.5 Å². The molecule has 0 bridgehead atoms. The standard InChI is InChI=1S/C39H39N5O5S2/c1-50-24-32(43-35(45)21-26-9-5-3-6-10-26)37(47)41-30-17-13-28(14-18-30)34-23-40-39(49-34)29-15-19-31(20-16-29)42-38(48)33(25-51-2)44-36(46)22-27-11-7-4-8-12-27/h3-20,23,32-33H,21-22,24-25H2,1-2H3,(H,41,47)(H,42,48)(H,43,45)(H,44,46)/t32-,33+/m1/s1. The zero-order valence-corrected chi connectivity index (χ0v) is 29.9. The lowest BCUT2D eigenvalue weighted by atomic mass is 10.1. The Morgan fingerprint density at radius 1 is 0.608 bits per heavy atom. The van der Waals surface area contributed by atoms with Gasteiger partial charge in [-0.05, 0) is 72.2 Å². The van der Waals surface area contributed by atoms with Crippen molar-refractivity contribution in [3.8, 4) is 22.8 Å². The molecule has 2 atom stereocenters. The summed E-state index contributed by atoms with van der Waals surface area (Å²) < 4.78 is 6.04. The number of nitrogens with zero attached hydrogens (tertiary/aromatic N) is 1. The first-order chi connectivity index (χ1) is 24.8. The largest absolute Gasteiger partial charge is 0.436 e. The van der Waals surface area contributed by atoms with Gasteiger partial charge in [0.05, 0.1) is 19.0 Å². The quantitative estimate of drug-likeness (QED) is 0.0963. The second-order valence-electron chi connectivity index (χ2n) is 11.6. The van der Waals surface area contributed by atoms with Crippen molar-refractivity contribution in [1.29, 1.82) is 0 Å². The van der Waals surface area contributed by atoms with Crippen molar-refractivity contribution < 1.29 is 23.6 Å². The van der Waals surface area contributed by atoms with Crippen molar-refractivity contribution >= 4 is 58.5 Å². The van der Waals surface area contributed by atoms with Gasteiger partial charge in [0.25, 0.3) is 0 Å². The van der Waals surface area contributed by atoms with E-state index in [-0.39, 0.29) is 36.5 Å². The van der Waals surface area contributed by atoms with Gasteiger partial charge in [-0.2, -0.15) is 23.5 Å². The molecule has 4 aromatic carbocycles. The molecule has 5 aromatic rings. The number of anilines is 2. The van der Waals surface area contributed by atoms with E-state index < -0.39 is 12.1 Å². The fraction of sp³-hybridized carbons (Fsp3) is 0.205. The van der Waals surface area contributed by atoms with E-state index in [0.717, 1.165) is 16.7 Å². The Morgan fingerprint density at radius 3 is 1.47 bits per heavy atom. The van der Waals surface area contributed by atoms with Gasteiger partial charge >= 0.3 is 0 Å². The molecule has 0 saturated carbocycles. The maximum absolute atomic E-state index is 13.0. The number of benzene rings is 4. The van der Waals surface area contributed by atoms with E-state index in [1.807, 2.05) is 85.3 Å². The number of carbonyl (C=O) groups excluding carboxylic acids is 4. The predicted octanol–water partition coefficient (Wildman–Crippen LogP) is 6.07. The minimum absolute atomic E-state index is 0.197. The van der Waals surface area contributed by atoms with Crippen molar-refractivity contribution in [3.05, 3.63) is 127 Å². The maximum Gasteiger partial charge on any atom is 0.247 e. The molecule has 10 nitrogen and oxygen atoms in total. The number of nitrogens with one attached hydrogen (secondary N) is 4. The minimum Gasteiger partial charge on any atom is -0.436 e. The molecule has 1 aromatic heterocycles. The molecule has 0 spiro atoms. The van der Waals surface area contributed by atoms with E-state index in [0.29, 0.717) is 40.1 Å². The first kappa shape index (κ1) is 36.9. The van der Waals surface area contributed by atoms with Crippen LogP contribution in [-0.4, -0.2) is 64.7 Å². The molecule has 12 heteroatoms. The molecule has 0 unspecified atom stereocenters. The summed E-state index contributed by atoms with van der Waals surface area (Å²) in [6, 6.07) is 31.7. The summed E-state index contributed by atoms with van der Waals surface area (Å²) in [5, 5.41) is 11.5. The Hall–Kier alpha value is -5.33. The fourth-order valence-electron chi connectivity index (χ4n) is 5.17. The molecule has 0 radical (unpaired) electrons. The zero-order valence-electron chi connectivity index (χ0n) is 28.3. The normalized spacial score (nSPS) is 12.0. The monoisotopic (exact) mass is 721 g/mol. The summed E-state index contributed by atoms with van der Waals surface area (Å²) in [5.74, 6) is 0.778. The van der Waals surface area contributed by atoms with E-state index in [2.05, 4.69) is 26.3 Å². The lowest BCUT2D eigenvalue weighted by Crippen LogP contribution is -2.46. The third kappa shape index (κ3) is 11.1. The number of aromatic nitrogens is 1. The van der Waals surface area contributed by atoms with Gasteiger partial charge < -0.3 is 25.7 Å². The summed E-state index contributed by atoms with van der Waals surface area (Å²) in [6.45, 7) is 0. The molecule has 0 aliphatic rings. The summed E-state index contributed by atoms with van der Waals surface area (Å²) in [6.07, 6.45) is 5.79. The van der Waals surface area contributed by atoms with E-state index in [9.17, 15) is 19.2 Å². The van der Waals surface area contributed by atoms with Crippen LogP contribution in [0.25, 0.3) is 22.8 Å². The summed E-state index contributed by atoms with van der Waals surface area (Å²) >= 11 is 2.95.